The summed E-state index contributed by atoms with van der Waals surface area (Å²) in [5.41, 5.74) is 1.95. The highest BCUT2D eigenvalue weighted by molar-refractivity contribution is 7.15. The second-order valence-electron chi connectivity index (χ2n) is 9.48. The zero-order valence-electron chi connectivity index (χ0n) is 19.7. The van der Waals surface area contributed by atoms with Gasteiger partial charge in [-0.1, -0.05) is 24.3 Å². The quantitative estimate of drug-likeness (QED) is 0.350. The average Bonchev–Trinajstić information content (AvgIpc) is 3.47. The van der Waals surface area contributed by atoms with Crippen LogP contribution < -0.4 is 5.32 Å². The molecule has 2 fully saturated rings. The third-order valence-corrected chi connectivity index (χ3v) is 8.27. The van der Waals surface area contributed by atoms with Gasteiger partial charge in [0.2, 0.25) is 0 Å². The predicted molar refractivity (Wildman–Crippen MR) is 137 cm³/mol. The van der Waals surface area contributed by atoms with E-state index in [0.717, 1.165) is 42.5 Å². The second kappa shape index (κ2) is 9.50. The Morgan fingerprint density at radius 3 is 2.78 bits per heavy atom. The molecule has 2 aromatic carbocycles. The Labute approximate surface area is 212 Å². The summed E-state index contributed by atoms with van der Waals surface area (Å²) in [5, 5.41) is 4.69. The van der Waals surface area contributed by atoms with Crippen molar-refractivity contribution in [3.63, 3.8) is 0 Å². The van der Waals surface area contributed by atoms with Gasteiger partial charge in [-0.25, -0.2) is 9.37 Å². The number of nitrogens with zero attached hydrogens (tertiary/aromatic N) is 2. The summed E-state index contributed by atoms with van der Waals surface area (Å²) in [6.07, 6.45) is 6.33. The highest BCUT2D eigenvalue weighted by atomic mass is 32.1. The standard InChI is InChI=1S/C28H26FN3O3S/c29-22-9-2-1-7-21(22)25-24(31-27(36-25)17-11-12-17)28(34)32-14-4-3-6-18(32)16-30-26(33)20-8-5-10-23-19(20)13-15-35-23/h1-2,5,7-10,13,15,17-18H,3-4,6,11-12,14,16H2,(H,30,33)/t18-/m0/s1. The molecule has 184 valence electrons. The Morgan fingerprint density at radius 1 is 1.08 bits per heavy atom. The summed E-state index contributed by atoms with van der Waals surface area (Å²) in [5.74, 6) is -0.374. The van der Waals surface area contributed by atoms with Crippen LogP contribution in [-0.2, 0) is 0 Å². The number of likely N-dealkylation sites (tertiary alicyclic amines) is 1. The lowest BCUT2D eigenvalue weighted by atomic mass is 10.0. The maximum Gasteiger partial charge on any atom is 0.274 e. The fraction of sp³-hybridized carbons (Fsp3) is 0.321. The first kappa shape index (κ1) is 22.9. The molecule has 36 heavy (non-hydrogen) atoms. The lowest BCUT2D eigenvalue weighted by Gasteiger charge is -2.35. The number of halogens is 1. The molecular formula is C28H26FN3O3S. The summed E-state index contributed by atoms with van der Waals surface area (Å²) in [6, 6.07) is 13.6. The first-order valence-electron chi connectivity index (χ1n) is 12.4. The smallest absolute Gasteiger partial charge is 0.274 e. The molecule has 0 unspecified atom stereocenters. The van der Waals surface area contributed by atoms with Crippen molar-refractivity contribution in [2.45, 2.75) is 44.1 Å². The maximum atomic E-state index is 14.7. The van der Waals surface area contributed by atoms with Gasteiger partial charge in [0.1, 0.15) is 17.1 Å². The molecule has 1 N–H and O–H groups in total. The SMILES string of the molecule is O=C(NC[C@@H]1CCCCN1C(=O)c1nc(C2CC2)sc1-c1ccccc1F)c1cccc2occc12. The molecule has 2 aliphatic rings. The topological polar surface area (TPSA) is 75.4 Å². The van der Waals surface area contributed by atoms with Gasteiger partial charge in [-0.05, 0) is 56.4 Å². The molecular weight excluding hydrogens is 477 g/mol. The van der Waals surface area contributed by atoms with Crippen molar-refractivity contribution >= 4 is 34.1 Å². The van der Waals surface area contributed by atoms with Crippen molar-refractivity contribution in [2.24, 2.45) is 0 Å². The fourth-order valence-electron chi connectivity index (χ4n) is 4.93. The minimum absolute atomic E-state index is 0.154. The van der Waals surface area contributed by atoms with Crippen LogP contribution in [0.3, 0.4) is 0 Å². The van der Waals surface area contributed by atoms with Crippen molar-refractivity contribution in [1.82, 2.24) is 15.2 Å². The Kier molecular flexibility index (Phi) is 6.05. The van der Waals surface area contributed by atoms with Gasteiger partial charge in [-0.15, -0.1) is 11.3 Å². The Balaban J connectivity index is 1.25. The number of aromatic nitrogens is 1. The molecule has 4 aromatic rings. The number of benzene rings is 2. The molecule has 1 saturated carbocycles. The molecule has 1 atom stereocenters. The number of hydrogen-bond acceptors (Lipinski definition) is 5. The number of thiazole rings is 1. The Hall–Kier alpha value is -3.52. The van der Waals surface area contributed by atoms with Gasteiger partial charge in [0.15, 0.2) is 0 Å². The van der Waals surface area contributed by atoms with Crippen molar-refractivity contribution in [2.75, 3.05) is 13.1 Å². The van der Waals surface area contributed by atoms with Crippen molar-refractivity contribution < 1.29 is 18.4 Å². The van der Waals surface area contributed by atoms with E-state index in [-0.39, 0.29) is 23.7 Å². The molecule has 1 aliphatic carbocycles. The normalized spacial score (nSPS) is 17.9. The molecule has 2 amide bonds. The number of hydrogen-bond donors (Lipinski definition) is 1. The van der Waals surface area contributed by atoms with Crippen LogP contribution in [0.25, 0.3) is 21.4 Å². The minimum atomic E-state index is -0.353. The molecule has 1 aliphatic heterocycles. The summed E-state index contributed by atoms with van der Waals surface area (Å²) in [7, 11) is 0. The third kappa shape index (κ3) is 4.30. The van der Waals surface area contributed by atoms with E-state index in [4.69, 9.17) is 9.40 Å². The predicted octanol–water partition coefficient (Wildman–Crippen LogP) is 6.00. The minimum Gasteiger partial charge on any atom is -0.464 e. The van der Waals surface area contributed by atoms with E-state index in [1.807, 2.05) is 11.0 Å². The van der Waals surface area contributed by atoms with E-state index >= 15 is 0 Å². The zero-order valence-corrected chi connectivity index (χ0v) is 20.5. The van der Waals surface area contributed by atoms with E-state index in [1.165, 1.54) is 17.4 Å². The van der Waals surface area contributed by atoms with E-state index in [1.54, 1.807) is 42.7 Å². The van der Waals surface area contributed by atoms with Gasteiger partial charge < -0.3 is 14.6 Å². The first-order chi connectivity index (χ1) is 17.6. The van der Waals surface area contributed by atoms with E-state index < -0.39 is 0 Å². The van der Waals surface area contributed by atoms with Crippen LogP contribution in [0.1, 0.15) is 63.9 Å². The summed E-state index contributed by atoms with van der Waals surface area (Å²) in [4.78, 5) is 34.0. The molecule has 1 saturated heterocycles. The van der Waals surface area contributed by atoms with Gasteiger partial charge in [-0.2, -0.15) is 0 Å². The molecule has 2 aromatic heterocycles. The van der Waals surface area contributed by atoms with E-state index in [2.05, 4.69) is 5.32 Å². The van der Waals surface area contributed by atoms with Gasteiger partial charge >= 0.3 is 0 Å². The van der Waals surface area contributed by atoms with Crippen molar-refractivity contribution in [3.05, 3.63) is 76.9 Å². The highest BCUT2D eigenvalue weighted by Gasteiger charge is 2.35. The largest absolute Gasteiger partial charge is 0.464 e. The maximum absolute atomic E-state index is 14.7. The van der Waals surface area contributed by atoms with Crippen LogP contribution in [0, 0.1) is 5.82 Å². The fourth-order valence-corrected chi connectivity index (χ4v) is 6.18. The van der Waals surface area contributed by atoms with Crippen molar-refractivity contribution in [3.8, 4) is 10.4 Å². The number of nitrogens with one attached hydrogen (secondary N) is 1. The number of piperidine rings is 1. The highest BCUT2D eigenvalue weighted by Crippen LogP contribution is 2.45. The molecule has 3 heterocycles. The molecule has 8 heteroatoms. The first-order valence-corrected chi connectivity index (χ1v) is 13.2. The second-order valence-corrected chi connectivity index (χ2v) is 10.5. The monoisotopic (exact) mass is 503 g/mol. The number of fused-ring (bicyclic) bond motifs is 1. The van der Waals surface area contributed by atoms with E-state index in [0.29, 0.717) is 46.3 Å². The molecule has 0 radical (unpaired) electrons. The van der Waals surface area contributed by atoms with Crippen molar-refractivity contribution in [1.29, 1.82) is 0 Å². The van der Waals surface area contributed by atoms with Gasteiger partial charge in [0.05, 0.1) is 21.7 Å². The van der Waals surface area contributed by atoms with Crippen LogP contribution in [0.15, 0.2) is 59.2 Å². The number of carbonyl (C=O) groups excluding carboxylic acids is 2. The van der Waals surface area contributed by atoms with E-state index in [9.17, 15) is 14.0 Å². The molecule has 0 spiro atoms. The van der Waals surface area contributed by atoms with Crippen LogP contribution >= 0.6 is 11.3 Å². The Morgan fingerprint density at radius 2 is 1.94 bits per heavy atom. The summed E-state index contributed by atoms with van der Waals surface area (Å²) < 4.78 is 20.1. The number of carbonyl (C=O) groups is 2. The number of amides is 2. The average molecular weight is 504 g/mol. The molecule has 0 bridgehead atoms. The third-order valence-electron chi connectivity index (χ3n) is 7.02. The number of rotatable bonds is 6. The number of furan rings is 1. The Bertz CT molecular complexity index is 1440. The van der Waals surface area contributed by atoms with Crippen LogP contribution in [0.5, 0.6) is 0 Å². The lowest BCUT2D eigenvalue weighted by molar-refractivity contribution is 0.0598. The molecule has 6 rings (SSSR count). The summed E-state index contributed by atoms with van der Waals surface area (Å²) >= 11 is 1.43. The van der Waals surface area contributed by atoms with Crippen LogP contribution in [-0.4, -0.2) is 40.8 Å². The molecule has 6 nitrogen and oxygen atoms in total. The van der Waals surface area contributed by atoms with Gasteiger partial charge in [-0.3, -0.25) is 9.59 Å². The lowest BCUT2D eigenvalue weighted by Crippen LogP contribution is -2.49. The van der Waals surface area contributed by atoms with Crippen LogP contribution in [0.2, 0.25) is 0 Å². The summed E-state index contributed by atoms with van der Waals surface area (Å²) in [6.45, 7) is 0.928. The van der Waals surface area contributed by atoms with Crippen LogP contribution in [0.4, 0.5) is 4.39 Å². The van der Waals surface area contributed by atoms with Gasteiger partial charge in [0, 0.05) is 36.0 Å². The zero-order chi connectivity index (χ0) is 24.6. The van der Waals surface area contributed by atoms with Gasteiger partial charge in [0.25, 0.3) is 11.8 Å².